The highest BCUT2D eigenvalue weighted by molar-refractivity contribution is 8.13. The normalized spacial score (nSPS) is 12.3. The van der Waals surface area contributed by atoms with E-state index < -0.39 is 36.3 Å². The van der Waals surface area contributed by atoms with Crippen molar-refractivity contribution in [2.75, 3.05) is 70.5 Å². The largest absolute Gasteiger partial charge is 0.377 e. The lowest BCUT2D eigenvalue weighted by Crippen LogP contribution is -2.27. The molecule has 2 aliphatic rings. The number of ether oxygens (including phenoxy) is 4. The predicted molar refractivity (Wildman–Crippen MR) is 360 cm³/mol. The first-order valence-electron chi connectivity index (χ1n) is 30.2. The number of unbranched alkanes of at least 4 members (excludes halogenated alkanes) is 7. The summed E-state index contributed by atoms with van der Waals surface area (Å²) in [5, 5.41) is 5.94. The van der Waals surface area contributed by atoms with Crippen LogP contribution in [0.1, 0.15) is 87.5 Å². The number of hydrogen-bond donors (Lipinski definition) is 7. The predicted octanol–water partition coefficient (Wildman–Crippen LogP) is 12.0. The fraction of sp³-hybridized carbons (Fsp3) is 0.299. The average Bonchev–Trinajstić information content (AvgIpc) is 1.65. The topological polar surface area (TPSA) is 333 Å². The molecular formula is C67H72N6O16S4. The van der Waals surface area contributed by atoms with E-state index in [1.54, 1.807) is 73.7 Å². The van der Waals surface area contributed by atoms with Gasteiger partial charge in [0.05, 0.1) is 83.7 Å². The number of nitrogens with zero attached hydrogens (tertiary/aromatic N) is 2. The van der Waals surface area contributed by atoms with E-state index in [9.17, 15) is 53.3 Å². The molecule has 2 amide bonds. The highest BCUT2D eigenvalue weighted by Gasteiger charge is 2.22. The van der Waals surface area contributed by atoms with Crippen LogP contribution in [0.4, 0.5) is 5.69 Å². The second-order valence-electron chi connectivity index (χ2n) is 21.8. The van der Waals surface area contributed by atoms with Crippen molar-refractivity contribution in [2.24, 2.45) is 0 Å². The van der Waals surface area contributed by atoms with Crippen LogP contribution in [0.15, 0.2) is 136 Å². The standard InChI is InChI=1S/C67H72N6O16S4/c1-45(74)90-43-9-7-5-3-2-4-6-8-10-62(75)68-35-36-86-37-38-87-39-40-88-41-42-89-44-63(76)69-50-19-11-46(12-20-50)64-54-27-29-56(70-54)65(47-13-21-51(22-14-47)91(77,78)79)58-31-33-60(72-58)67(49-17-25-53(26-18-49)93(83,84)85)61-34-32-59(73-61)66(57-30-28-55(64)71-57)48-15-23-52(24-16-48)92(80,81)82/h11-34,70,73H,2-10,35-44H2,1H3,(H,68,75)(H,69,76)(H,77,78,79)(H,80,81,82)(H,83,84,85). The maximum Gasteiger partial charge on any atom is 0.294 e. The summed E-state index contributed by atoms with van der Waals surface area (Å²) in [6.45, 7) is 3.95. The molecule has 3 aromatic heterocycles. The highest BCUT2D eigenvalue weighted by atomic mass is 32.2. The number of carbonyl (C=O) groups is 3. The average molecular weight is 1350 g/mol. The number of aromatic nitrogens is 4. The number of amides is 2. The SMILES string of the molecule is CC(=O)SCCCCCCCCCCC(=O)NCCOCCOCCOCCOCC(=O)Nc1ccc(-c2c3nc(c(-c4ccc(S(=O)(=O)O)cc4)c4ccc([nH]4)c(-c4ccc(S(=O)(=O)O)cc4)c4nc(c(-c5ccc(S(=O)(=O)O)cc5)c5ccc2[nH]5)C=C4)C=C3)cc1. The molecular weight excluding hydrogens is 1270 g/mol. The van der Waals surface area contributed by atoms with Gasteiger partial charge in [-0.1, -0.05) is 98.8 Å². The van der Waals surface area contributed by atoms with E-state index >= 15 is 0 Å². The van der Waals surface area contributed by atoms with Crippen molar-refractivity contribution in [3.63, 3.8) is 0 Å². The smallest absolute Gasteiger partial charge is 0.294 e. The van der Waals surface area contributed by atoms with Crippen molar-refractivity contribution in [3.05, 3.63) is 144 Å². The zero-order chi connectivity index (χ0) is 66.0. The Hall–Kier alpha value is -7.99. The summed E-state index contributed by atoms with van der Waals surface area (Å²) in [6, 6.07) is 31.2. The van der Waals surface area contributed by atoms with Crippen LogP contribution in [-0.4, -0.2) is 141 Å². The number of benzene rings is 4. The van der Waals surface area contributed by atoms with E-state index in [-0.39, 0.29) is 45.5 Å². The number of fused-ring (bicyclic) bond motifs is 8. The van der Waals surface area contributed by atoms with Gasteiger partial charge in [-0.3, -0.25) is 28.0 Å². The van der Waals surface area contributed by atoms with Gasteiger partial charge < -0.3 is 39.5 Å². The summed E-state index contributed by atoms with van der Waals surface area (Å²) in [4.78, 5) is 52.7. The highest BCUT2D eigenvalue weighted by Crippen LogP contribution is 2.39. The van der Waals surface area contributed by atoms with Crippen LogP contribution in [-0.2, 0) is 63.7 Å². The van der Waals surface area contributed by atoms with Gasteiger partial charge in [-0.15, -0.1) is 0 Å². The fourth-order valence-electron chi connectivity index (χ4n) is 10.6. The van der Waals surface area contributed by atoms with Crippen molar-refractivity contribution >= 4 is 111 Å². The lowest BCUT2D eigenvalue weighted by Gasteiger charge is -2.09. The Bertz CT molecular complexity index is 4310. The second-order valence-corrected chi connectivity index (χ2v) is 27.3. The molecule has 0 fully saturated rings. The zero-order valence-corrected chi connectivity index (χ0v) is 54.2. The van der Waals surface area contributed by atoms with Gasteiger partial charge in [-0.25, -0.2) is 9.97 Å². The van der Waals surface area contributed by atoms with Crippen LogP contribution in [0.25, 0.3) is 90.9 Å². The van der Waals surface area contributed by atoms with E-state index in [0.717, 1.165) is 37.9 Å². The maximum atomic E-state index is 13.1. The molecule has 0 radical (unpaired) electrons. The molecule has 5 heterocycles. The Morgan fingerprint density at radius 1 is 0.430 bits per heavy atom. The number of H-pyrrole nitrogens is 2. The Balaban J connectivity index is 0.866. The lowest BCUT2D eigenvalue weighted by molar-refractivity contribution is -0.122. The summed E-state index contributed by atoms with van der Waals surface area (Å²) < 4.78 is 125. The number of carbonyl (C=O) groups excluding carboxylic acids is 3. The van der Waals surface area contributed by atoms with Gasteiger partial charge in [-0.05, 0) is 132 Å². The first-order valence-corrected chi connectivity index (χ1v) is 35.5. The van der Waals surface area contributed by atoms with Crippen molar-refractivity contribution in [1.82, 2.24) is 25.3 Å². The van der Waals surface area contributed by atoms with Crippen LogP contribution < -0.4 is 10.6 Å². The molecule has 0 atom stereocenters. The summed E-state index contributed by atoms with van der Waals surface area (Å²) in [5.74, 6) is 0.531. The number of aromatic amines is 2. The van der Waals surface area contributed by atoms with Crippen molar-refractivity contribution in [2.45, 2.75) is 79.4 Å². The van der Waals surface area contributed by atoms with Gasteiger partial charge in [0.15, 0.2) is 5.12 Å². The third-order valence-corrected chi connectivity index (χ3v) is 18.6. The molecule has 7 aromatic rings. The minimum atomic E-state index is -4.56. The molecule has 2 aliphatic heterocycles. The monoisotopic (exact) mass is 1340 g/mol. The van der Waals surface area contributed by atoms with Crippen molar-refractivity contribution in [3.8, 4) is 44.5 Å². The molecule has 93 heavy (non-hydrogen) atoms. The molecule has 8 bridgehead atoms. The molecule has 7 N–H and O–H groups in total. The molecule has 0 spiro atoms. The molecule has 0 aliphatic carbocycles. The number of anilines is 1. The van der Waals surface area contributed by atoms with Crippen LogP contribution in [0.3, 0.4) is 0 Å². The Kier molecular flexibility index (Phi) is 24.4. The number of thioether (sulfide) groups is 1. The number of rotatable bonds is 33. The summed E-state index contributed by atoms with van der Waals surface area (Å²) in [6.07, 6.45) is 16.5. The van der Waals surface area contributed by atoms with Gasteiger partial charge in [0.25, 0.3) is 30.4 Å². The van der Waals surface area contributed by atoms with Crippen LogP contribution in [0.2, 0.25) is 0 Å². The molecule has 0 unspecified atom stereocenters. The van der Waals surface area contributed by atoms with E-state index in [1.807, 2.05) is 30.3 Å². The molecule has 26 heteroatoms. The zero-order valence-electron chi connectivity index (χ0n) is 51.0. The van der Waals surface area contributed by atoms with E-state index in [4.69, 9.17) is 28.9 Å². The first-order chi connectivity index (χ1) is 44.7. The lowest BCUT2D eigenvalue weighted by atomic mass is 10.0. The quantitative estimate of drug-likeness (QED) is 0.0148. The molecule has 9 rings (SSSR count). The minimum Gasteiger partial charge on any atom is -0.377 e. The van der Waals surface area contributed by atoms with Gasteiger partial charge in [0, 0.05) is 75.7 Å². The summed E-state index contributed by atoms with van der Waals surface area (Å²) >= 11 is 1.40. The molecule has 0 saturated heterocycles. The molecule has 0 saturated carbocycles. The summed E-state index contributed by atoms with van der Waals surface area (Å²) in [5.41, 5.74) is 8.74. The van der Waals surface area contributed by atoms with Crippen molar-refractivity contribution in [1.29, 1.82) is 0 Å². The minimum absolute atomic E-state index is 0.0265. The third kappa shape index (κ3) is 19.8. The third-order valence-electron chi connectivity index (χ3n) is 15.1. The van der Waals surface area contributed by atoms with Gasteiger partial charge in [-0.2, -0.15) is 25.3 Å². The molecule has 490 valence electrons. The van der Waals surface area contributed by atoms with E-state index in [1.165, 1.54) is 79.6 Å². The first kappa shape index (κ1) is 69.4. The summed E-state index contributed by atoms with van der Waals surface area (Å²) in [7, 11) is -13.7. The van der Waals surface area contributed by atoms with Crippen LogP contribution in [0, 0.1) is 0 Å². The van der Waals surface area contributed by atoms with E-state index in [0.29, 0.717) is 141 Å². The van der Waals surface area contributed by atoms with E-state index in [2.05, 4.69) is 20.6 Å². The van der Waals surface area contributed by atoms with Crippen molar-refractivity contribution < 1.29 is 72.2 Å². The molecule has 4 aromatic carbocycles. The van der Waals surface area contributed by atoms with Gasteiger partial charge in [0.1, 0.15) is 6.61 Å². The Morgan fingerprint density at radius 2 is 0.763 bits per heavy atom. The second kappa shape index (κ2) is 32.7. The fourth-order valence-corrected chi connectivity index (χ4v) is 12.6. The Labute approximate surface area is 543 Å². The van der Waals surface area contributed by atoms with Gasteiger partial charge in [0.2, 0.25) is 11.8 Å². The Morgan fingerprint density at radius 3 is 1.13 bits per heavy atom. The van der Waals surface area contributed by atoms with Crippen LogP contribution in [0.5, 0.6) is 0 Å². The number of hydrogen-bond acceptors (Lipinski definition) is 16. The number of nitrogens with one attached hydrogen (secondary N) is 4. The van der Waals surface area contributed by atoms with Gasteiger partial charge >= 0.3 is 0 Å². The molecule has 22 nitrogen and oxygen atoms in total. The maximum absolute atomic E-state index is 13.1. The van der Waals surface area contributed by atoms with Crippen LogP contribution >= 0.6 is 11.8 Å².